The van der Waals surface area contributed by atoms with Crippen LogP contribution in [0.5, 0.6) is 0 Å². The summed E-state index contributed by atoms with van der Waals surface area (Å²) in [5.41, 5.74) is 0. The molecular weight excluding hydrogens is 321 g/mol. The first-order valence-corrected chi connectivity index (χ1v) is 1.37. The summed E-state index contributed by atoms with van der Waals surface area (Å²) >= 11 is 0.300. The molecule has 4 heteroatoms. The second-order valence-corrected chi connectivity index (χ2v) is 0. The van der Waals surface area contributed by atoms with Crippen LogP contribution < -0.4 is 0 Å². The average Bonchev–Trinajstić information content (AvgIpc) is 1.00. The second-order valence-electron chi connectivity index (χ2n) is 0. The van der Waals surface area contributed by atoms with Gasteiger partial charge in [0, 0.05) is 44.8 Å². The quantitative estimate of drug-likeness (QED) is 0.550. The molecular formula is Nb2OSn. The Bertz CT molecular complexity index is 6.00. The molecule has 20 valence electrons. The van der Waals surface area contributed by atoms with Crippen molar-refractivity contribution >= 4 is 22.5 Å². The Morgan fingerprint density at radius 2 is 1.00 bits per heavy atom. The number of rotatable bonds is 0. The van der Waals surface area contributed by atoms with E-state index < -0.39 is 0 Å². The van der Waals surface area contributed by atoms with E-state index in [0.29, 0.717) is 22.5 Å². The minimum atomic E-state index is 0. The maximum absolute atomic E-state index is 8.34. The Hall–Kier alpha value is 2.08. The SMILES string of the molecule is [Nb].[Nb].[O]=[Sn]. The van der Waals surface area contributed by atoms with Gasteiger partial charge in [-0.25, -0.2) is 0 Å². The summed E-state index contributed by atoms with van der Waals surface area (Å²) in [5.74, 6) is 0. The molecule has 0 aliphatic rings. The molecule has 0 saturated carbocycles. The molecule has 1 nitrogen and oxygen atoms in total. The van der Waals surface area contributed by atoms with Gasteiger partial charge in [0.25, 0.3) is 0 Å². The van der Waals surface area contributed by atoms with Crippen molar-refractivity contribution in [1.29, 1.82) is 0 Å². The average molecular weight is 321 g/mol. The Balaban J connectivity index is -0.00000000500. The Morgan fingerprint density at radius 3 is 1.00 bits per heavy atom. The van der Waals surface area contributed by atoms with Crippen molar-refractivity contribution in [2.45, 2.75) is 0 Å². The summed E-state index contributed by atoms with van der Waals surface area (Å²) in [7, 11) is 0. The fourth-order valence-corrected chi connectivity index (χ4v) is 0. The predicted molar refractivity (Wildman–Crippen MR) is 6.44 cm³/mol. The third-order valence-electron chi connectivity index (χ3n) is 0. The van der Waals surface area contributed by atoms with Gasteiger partial charge in [-0.1, -0.05) is 0 Å². The van der Waals surface area contributed by atoms with Gasteiger partial charge in [0.05, 0.1) is 0 Å². The van der Waals surface area contributed by atoms with E-state index in [1.165, 1.54) is 0 Å². The van der Waals surface area contributed by atoms with E-state index in [-0.39, 0.29) is 44.8 Å². The second kappa shape index (κ2) is 19.6. The summed E-state index contributed by atoms with van der Waals surface area (Å²) in [6.45, 7) is 0. The van der Waals surface area contributed by atoms with Crippen LogP contribution in [0.4, 0.5) is 0 Å². The van der Waals surface area contributed by atoms with Crippen LogP contribution in [0, 0.1) is 0 Å². The molecule has 0 bridgehead atoms. The van der Waals surface area contributed by atoms with E-state index >= 15 is 0 Å². The van der Waals surface area contributed by atoms with Crippen LogP contribution in [-0.2, 0) is 47.8 Å². The van der Waals surface area contributed by atoms with Gasteiger partial charge < -0.3 is 0 Å². The van der Waals surface area contributed by atoms with Gasteiger partial charge in [-0.05, 0) is 0 Å². The van der Waals surface area contributed by atoms with Crippen LogP contribution in [-0.4, -0.2) is 22.5 Å². The summed E-state index contributed by atoms with van der Waals surface area (Å²) < 4.78 is 8.34. The predicted octanol–water partition coefficient (Wildman–Crippen LogP) is -0.505. The van der Waals surface area contributed by atoms with Crippen molar-refractivity contribution in [1.82, 2.24) is 0 Å². The molecule has 0 amide bonds. The van der Waals surface area contributed by atoms with Gasteiger partial charge in [-0.2, -0.15) is 0 Å². The maximum atomic E-state index is 8.34. The van der Waals surface area contributed by atoms with E-state index in [1.54, 1.807) is 0 Å². The zero-order chi connectivity index (χ0) is 2.00. The summed E-state index contributed by atoms with van der Waals surface area (Å²) in [6, 6.07) is 0. The molecule has 0 N–H and O–H groups in total. The first-order valence-electron chi connectivity index (χ1n) is 0.204. The Kier molecular flexibility index (Phi) is 80.8. The van der Waals surface area contributed by atoms with Crippen molar-refractivity contribution in [3.05, 3.63) is 0 Å². The normalized spacial score (nSPS) is 1.00. The Labute approximate surface area is 69.4 Å². The van der Waals surface area contributed by atoms with Crippen molar-refractivity contribution < 1.29 is 47.8 Å². The third kappa shape index (κ3) is 8.95. The van der Waals surface area contributed by atoms with Gasteiger partial charge in [0.15, 0.2) is 0 Å². The zero-order valence-corrected chi connectivity index (χ0v) is 9.05. The van der Waals surface area contributed by atoms with Gasteiger partial charge in [-0.3, -0.25) is 0 Å². The summed E-state index contributed by atoms with van der Waals surface area (Å²) in [5, 5.41) is 0. The molecule has 0 rings (SSSR count). The molecule has 0 aromatic rings. The molecule has 0 atom stereocenters. The van der Waals surface area contributed by atoms with Crippen LogP contribution in [0.2, 0.25) is 0 Å². The van der Waals surface area contributed by atoms with E-state index in [4.69, 9.17) is 3.08 Å². The van der Waals surface area contributed by atoms with E-state index in [0.717, 1.165) is 0 Å². The fourth-order valence-electron chi connectivity index (χ4n) is 0. The van der Waals surface area contributed by atoms with Crippen LogP contribution in [0.1, 0.15) is 0 Å². The van der Waals surface area contributed by atoms with Crippen molar-refractivity contribution in [3.63, 3.8) is 0 Å². The van der Waals surface area contributed by atoms with Crippen molar-refractivity contribution in [3.8, 4) is 0 Å². The minimum absolute atomic E-state index is 0. The monoisotopic (exact) mass is 322 g/mol. The number of hydrogen-bond acceptors (Lipinski definition) is 1. The molecule has 0 aromatic heterocycles. The van der Waals surface area contributed by atoms with Gasteiger partial charge >= 0.3 is 25.6 Å². The molecule has 0 aromatic carbocycles. The molecule has 0 fully saturated rings. The Morgan fingerprint density at radius 1 is 1.00 bits per heavy atom. The van der Waals surface area contributed by atoms with Gasteiger partial charge in [0.1, 0.15) is 0 Å². The molecule has 4 radical (unpaired) electrons. The van der Waals surface area contributed by atoms with E-state index in [2.05, 4.69) is 0 Å². The summed E-state index contributed by atoms with van der Waals surface area (Å²) in [6.07, 6.45) is 0. The molecule has 0 unspecified atom stereocenters. The zero-order valence-electron chi connectivity index (χ0n) is 1.80. The molecule has 0 aliphatic carbocycles. The first-order chi connectivity index (χ1) is 1.00. The van der Waals surface area contributed by atoms with Gasteiger partial charge in [-0.15, -0.1) is 0 Å². The summed E-state index contributed by atoms with van der Waals surface area (Å²) in [4.78, 5) is 0. The van der Waals surface area contributed by atoms with E-state index in [1.807, 2.05) is 0 Å². The van der Waals surface area contributed by atoms with Crippen molar-refractivity contribution in [2.24, 2.45) is 0 Å². The molecule has 0 heterocycles. The van der Waals surface area contributed by atoms with Crippen LogP contribution in [0.25, 0.3) is 0 Å². The third-order valence-corrected chi connectivity index (χ3v) is 0. The molecule has 0 aliphatic heterocycles. The van der Waals surface area contributed by atoms with Crippen molar-refractivity contribution in [2.75, 3.05) is 0 Å². The fraction of sp³-hybridized carbons (Fsp3) is 0. The molecule has 0 saturated heterocycles. The first kappa shape index (κ1) is 16.5. The van der Waals surface area contributed by atoms with Crippen LogP contribution in [0.3, 0.4) is 0 Å². The standard InChI is InChI=1S/2Nb.O.Sn. The van der Waals surface area contributed by atoms with Crippen LogP contribution in [0.15, 0.2) is 0 Å². The van der Waals surface area contributed by atoms with Gasteiger partial charge in [0.2, 0.25) is 0 Å². The molecule has 0 spiro atoms. The van der Waals surface area contributed by atoms with Crippen LogP contribution >= 0.6 is 0 Å². The topological polar surface area (TPSA) is 17.1 Å². The van der Waals surface area contributed by atoms with E-state index in [9.17, 15) is 0 Å². The number of hydrogen-bond donors (Lipinski definition) is 0. The molecule has 4 heavy (non-hydrogen) atoms.